The molecule has 2 bridgehead atoms. The van der Waals surface area contributed by atoms with Crippen molar-refractivity contribution in [2.75, 3.05) is 6.61 Å². The van der Waals surface area contributed by atoms with Crippen molar-refractivity contribution in [2.45, 2.75) is 108 Å². The molecule has 3 fully saturated rings. The Hall–Kier alpha value is -7.81. The highest BCUT2D eigenvalue weighted by molar-refractivity contribution is 5.96. The summed E-state index contributed by atoms with van der Waals surface area (Å²) in [4.78, 5) is 110. The zero-order valence-electron chi connectivity index (χ0n) is 41.1. The van der Waals surface area contributed by atoms with Gasteiger partial charge in [0.2, 0.25) is 0 Å². The molecule has 0 spiro atoms. The van der Waals surface area contributed by atoms with Crippen LogP contribution in [0.2, 0.25) is 0 Å². The standard InChI is InChI=1S/C54H54N2O18/c1-29-37(71-49(63)42(59)41(32-16-10-7-11-17-32)55-47(61)33-18-12-8-13-19-33)27-54(65)46(73-48(62)34-20-14-9-15-21-34)44-52(6,45(60)43(69-30(2)57)40(29)51(54,4)5)38(26-39-53(44,28-68-39)74-31(3)58)72-50(64)70-36-24-22-35(23-25-36)56(66)67/h7-25,37-39,41-44,46,59,65H,26-28H2,1-6H3,(H,55,61)/t37-,38-,39+,41-,42+,43+,44-,46-,52+,53-,54+/m0/s1. The fourth-order valence-corrected chi connectivity index (χ4v) is 11.2. The molecule has 1 aliphatic heterocycles. The van der Waals surface area contributed by atoms with Crippen molar-refractivity contribution < 1.29 is 81.9 Å². The minimum Gasteiger partial charge on any atom is -0.456 e. The largest absolute Gasteiger partial charge is 0.514 e. The van der Waals surface area contributed by atoms with Gasteiger partial charge >= 0.3 is 30.0 Å². The van der Waals surface area contributed by atoms with Crippen LogP contribution in [0.25, 0.3) is 0 Å². The molecule has 0 radical (unpaired) electrons. The number of ketones is 1. The number of Topliss-reactive ketones (excluding diaryl/α,β-unsaturated/α-hetero) is 1. The van der Waals surface area contributed by atoms with E-state index in [0.29, 0.717) is 5.56 Å². The molecule has 3 N–H and O–H groups in total. The van der Waals surface area contributed by atoms with Crippen molar-refractivity contribution in [1.82, 2.24) is 5.32 Å². The zero-order valence-corrected chi connectivity index (χ0v) is 41.1. The number of ether oxygens (including phenoxy) is 7. The molecule has 4 aromatic rings. The molecule has 20 nitrogen and oxygen atoms in total. The fraction of sp³-hybridized carbons (Fsp3) is 0.389. The molecule has 4 aromatic carbocycles. The number of carbonyl (C=O) groups is 7. The van der Waals surface area contributed by atoms with E-state index in [2.05, 4.69) is 5.32 Å². The number of hydrogen-bond acceptors (Lipinski definition) is 18. The molecular weight excluding hydrogens is 965 g/mol. The van der Waals surface area contributed by atoms with Gasteiger partial charge in [-0.3, -0.25) is 29.3 Å². The van der Waals surface area contributed by atoms with Gasteiger partial charge < -0.3 is 48.7 Å². The second-order valence-electron chi connectivity index (χ2n) is 19.5. The highest BCUT2D eigenvalue weighted by atomic mass is 16.7. The van der Waals surface area contributed by atoms with Crippen molar-refractivity contribution in [3.8, 4) is 5.75 Å². The summed E-state index contributed by atoms with van der Waals surface area (Å²) in [5.41, 5.74) is -8.44. The Bertz CT molecular complexity index is 2890. The first kappa shape index (κ1) is 52.5. The van der Waals surface area contributed by atoms with E-state index < -0.39 is 130 Å². The normalized spacial score (nSPS) is 28.4. The lowest BCUT2D eigenvalue weighted by Crippen LogP contribution is -2.82. The number of aliphatic hydroxyl groups excluding tert-OH is 1. The smallest absolute Gasteiger partial charge is 0.456 e. The first-order valence-electron chi connectivity index (χ1n) is 23.7. The lowest BCUT2D eigenvalue weighted by atomic mass is 9.44. The van der Waals surface area contributed by atoms with Crippen molar-refractivity contribution in [3.63, 3.8) is 0 Å². The number of aliphatic hydroxyl groups is 2. The predicted molar refractivity (Wildman–Crippen MR) is 256 cm³/mol. The summed E-state index contributed by atoms with van der Waals surface area (Å²) in [5.74, 6) is -7.77. The summed E-state index contributed by atoms with van der Waals surface area (Å²) in [6.45, 7) is 7.49. The Kier molecular flexibility index (Phi) is 14.4. The van der Waals surface area contributed by atoms with Gasteiger partial charge in [0.05, 0.1) is 34.5 Å². The second-order valence-corrected chi connectivity index (χ2v) is 19.5. The summed E-state index contributed by atoms with van der Waals surface area (Å²) < 4.78 is 42.3. The molecule has 11 atom stereocenters. The Labute approximate surface area is 424 Å². The van der Waals surface area contributed by atoms with Crippen LogP contribution in [0, 0.1) is 26.9 Å². The monoisotopic (exact) mass is 1020 g/mol. The van der Waals surface area contributed by atoms with Crippen molar-refractivity contribution >= 4 is 47.4 Å². The summed E-state index contributed by atoms with van der Waals surface area (Å²) in [7, 11) is 0. The molecular formula is C54H54N2O18. The molecule has 388 valence electrons. The number of amides is 1. The second kappa shape index (κ2) is 20.2. The SMILES string of the molecule is CC(=O)O[C@H]1C(=O)[C@]2(C)[C@@H](OC(=O)Oc3ccc([N+](=O)[O-])cc3)C[C@H]3OC[C@@]3(OC(C)=O)[C@H]2[C@H](OC(=O)c2ccccc2)[C@]2(O)C[C@H](OC(=O)[C@H](O)[C@@H](NC(=O)c3ccccc3)c3ccccc3)C(C)=C1C2(C)C. The van der Waals surface area contributed by atoms with Crippen LogP contribution < -0.4 is 10.1 Å². The quantitative estimate of drug-likeness (QED) is 0.0353. The van der Waals surface area contributed by atoms with Gasteiger partial charge in [0.1, 0.15) is 35.8 Å². The average molecular weight is 1020 g/mol. The van der Waals surface area contributed by atoms with Crippen LogP contribution in [-0.4, -0.2) is 111 Å². The number of fused-ring (bicyclic) bond motifs is 5. The van der Waals surface area contributed by atoms with E-state index in [0.717, 1.165) is 38.1 Å². The number of rotatable bonds is 13. The van der Waals surface area contributed by atoms with E-state index in [1.807, 2.05) is 0 Å². The number of esters is 4. The third kappa shape index (κ3) is 9.39. The maximum absolute atomic E-state index is 16.2. The highest BCUT2D eigenvalue weighted by Gasteiger charge is 2.79. The molecule has 1 amide bonds. The van der Waals surface area contributed by atoms with Gasteiger partial charge in [-0.1, -0.05) is 80.6 Å². The molecule has 2 saturated carbocycles. The molecule has 74 heavy (non-hydrogen) atoms. The van der Waals surface area contributed by atoms with Crippen LogP contribution in [0.5, 0.6) is 5.75 Å². The summed E-state index contributed by atoms with van der Waals surface area (Å²) in [6, 6.07) is 26.8. The van der Waals surface area contributed by atoms with Crippen LogP contribution in [0.4, 0.5) is 10.5 Å². The van der Waals surface area contributed by atoms with Gasteiger partial charge in [0.25, 0.3) is 11.6 Å². The number of hydrogen-bond donors (Lipinski definition) is 3. The third-order valence-electron chi connectivity index (χ3n) is 14.9. The fourth-order valence-electron chi connectivity index (χ4n) is 11.2. The number of nitrogens with zero attached hydrogens (tertiary/aromatic N) is 1. The molecule has 3 aliphatic carbocycles. The molecule has 1 heterocycles. The third-order valence-corrected chi connectivity index (χ3v) is 14.9. The van der Waals surface area contributed by atoms with E-state index in [4.69, 9.17) is 33.2 Å². The number of carbonyl (C=O) groups excluding carboxylic acids is 7. The van der Waals surface area contributed by atoms with Gasteiger partial charge in [0, 0.05) is 49.8 Å². The van der Waals surface area contributed by atoms with E-state index in [-0.39, 0.29) is 40.1 Å². The Morgan fingerprint density at radius 2 is 1.39 bits per heavy atom. The van der Waals surface area contributed by atoms with E-state index in [1.165, 1.54) is 52.0 Å². The van der Waals surface area contributed by atoms with Crippen LogP contribution in [0.15, 0.2) is 126 Å². The molecule has 20 heteroatoms. The summed E-state index contributed by atoms with van der Waals surface area (Å²) >= 11 is 0. The predicted octanol–water partition coefficient (Wildman–Crippen LogP) is 5.87. The Balaban J connectivity index is 1.29. The lowest BCUT2D eigenvalue weighted by molar-refractivity contribution is -0.384. The summed E-state index contributed by atoms with van der Waals surface area (Å²) in [6.07, 6.45) is -13.1. The van der Waals surface area contributed by atoms with Crippen molar-refractivity contribution in [1.29, 1.82) is 0 Å². The molecule has 1 saturated heterocycles. The molecule has 8 rings (SSSR count). The number of benzene rings is 4. The minimum atomic E-state index is -2.55. The summed E-state index contributed by atoms with van der Waals surface area (Å²) in [5, 5.41) is 40.0. The van der Waals surface area contributed by atoms with Gasteiger partial charge in [-0.15, -0.1) is 0 Å². The average Bonchev–Trinajstić information content (AvgIpc) is 3.36. The first-order chi connectivity index (χ1) is 35.0. The molecule has 4 aliphatic rings. The van der Waals surface area contributed by atoms with Gasteiger partial charge in [0.15, 0.2) is 23.6 Å². The maximum Gasteiger partial charge on any atom is 0.514 e. The van der Waals surface area contributed by atoms with Crippen LogP contribution >= 0.6 is 0 Å². The van der Waals surface area contributed by atoms with Crippen molar-refractivity contribution in [2.24, 2.45) is 16.7 Å². The van der Waals surface area contributed by atoms with E-state index in [9.17, 15) is 49.1 Å². The van der Waals surface area contributed by atoms with Crippen LogP contribution in [0.3, 0.4) is 0 Å². The lowest BCUT2D eigenvalue weighted by Gasteiger charge is -2.67. The zero-order chi connectivity index (χ0) is 53.5. The number of nitro benzene ring substituents is 1. The van der Waals surface area contributed by atoms with Crippen LogP contribution in [0.1, 0.15) is 86.7 Å². The van der Waals surface area contributed by atoms with Gasteiger partial charge in [-0.25, -0.2) is 14.4 Å². The first-order valence-corrected chi connectivity index (χ1v) is 23.7. The number of nitrogens with one attached hydrogen (secondary N) is 1. The Morgan fingerprint density at radius 3 is 1.95 bits per heavy atom. The van der Waals surface area contributed by atoms with E-state index >= 15 is 4.79 Å². The van der Waals surface area contributed by atoms with Gasteiger partial charge in [-0.2, -0.15) is 0 Å². The topological polar surface area (TPSA) is 280 Å². The maximum atomic E-state index is 16.2. The van der Waals surface area contributed by atoms with Crippen LogP contribution in [-0.2, 0) is 47.6 Å². The number of nitro groups is 1. The molecule has 0 unspecified atom stereocenters. The molecule has 0 aromatic heterocycles. The Morgan fingerprint density at radius 1 is 0.797 bits per heavy atom. The number of non-ortho nitro benzene ring substituents is 1. The highest BCUT2D eigenvalue weighted by Crippen LogP contribution is 2.65. The van der Waals surface area contributed by atoms with E-state index in [1.54, 1.807) is 66.7 Å². The van der Waals surface area contributed by atoms with Gasteiger partial charge in [-0.05, 0) is 67.0 Å². The van der Waals surface area contributed by atoms with Crippen molar-refractivity contribution in [3.05, 3.63) is 153 Å². The minimum absolute atomic E-state index is 0.0154.